The van der Waals surface area contributed by atoms with E-state index in [1.54, 1.807) is 30.3 Å². The van der Waals surface area contributed by atoms with Crippen molar-refractivity contribution >= 4 is 20.2 Å². The van der Waals surface area contributed by atoms with Gasteiger partial charge in [0.2, 0.25) is 0 Å². The molecule has 7 nitrogen and oxygen atoms in total. The summed E-state index contributed by atoms with van der Waals surface area (Å²) in [6.07, 6.45) is 3.22. The van der Waals surface area contributed by atoms with Crippen molar-refractivity contribution in [1.29, 1.82) is 0 Å². The smallest absolute Gasteiger partial charge is 0.299 e. The lowest BCUT2D eigenvalue weighted by Crippen LogP contribution is -2.15. The van der Waals surface area contributed by atoms with Gasteiger partial charge in [0.05, 0.1) is 0 Å². The van der Waals surface area contributed by atoms with Gasteiger partial charge in [0.1, 0.15) is 10.6 Å². The van der Waals surface area contributed by atoms with E-state index in [1.165, 1.54) is 0 Å². The van der Waals surface area contributed by atoms with Crippen LogP contribution in [0, 0.1) is 0 Å². The van der Waals surface area contributed by atoms with E-state index in [-0.39, 0.29) is 17.5 Å². The fourth-order valence-corrected chi connectivity index (χ4v) is 5.67. The van der Waals surface area contributed by atoms with Crippen molar-refractivity contribution in [3.8, 4) is 16.9 Å². The Labute approximate surface area is 171 Å². The predicted octanol–water partition coefficient (Wildman–Crippen LogP) is 4.24. The molecule has 0 bridgehead atoms. The minimum atomic E-state index is -5.15. The van der Waals surface area contributed by atoms with Crippen LogP contribution in [0.3, 0.4) is 0 Å². The molecule has 0 spiro atoms. The van der Waals surface area contributed by atoms with Gasteiger partial charge in [-0.15, -0.1) is 0 Å². The Bertz CT molecular complexity index is 1070. The van der Waals surface area contributed by atoms with Gasteiger partial charge >= 0.3 is 0 Å². The molecule has 160 valence electrons. The quantitative estimate of drug-likeness (QED) is 0.495. The summed E-state index contributed by atoms with van der Waals surface area (Å²) in [5.74, 6) is -0.877. The molecule has 0 unspecified atom stereocenters. The SMILES string of the molecule is CCCCc1c(CCCC)c(S(=O)(=O)O)c(S(=O)(=O)O)c(O)c1-c1ccccc1. The highest BCUT2D eigenvalue weighted by Crippen LogP contribution is 2.45. The average molecular weight is 443 g/mol. The second-order valence-corrected chi connectivity index (χ2v) is 9.58. The number of benzene rings is 2. The molecule has 0 radical (unpaired) electrons. The second kappa shape index (κ2) is 9.25. The van der Waals surface area contributed by atoms with Crippen molar-refractivity contribution in [1.82, 2.24) is 0 Å². The Hall–Kier alpha value is -1.94. The molecule has 0 saturated heterocycles. The lowest BCUT2D eigenvalue weighted by molar-refractivity contribution is 0.429. The second-order valence-electron chi connectivity index (χ2n) is 6.86. The van der Waals surface area contributed by atoms with Crippen LogP contribution in [0.25, 0.3) is 11.1 Å². The van der Waals surface area contributed by atoms with Crippen molar-refractivity contribution in [2.45, 2.75) is 62.2 Å². The van der Waals surface area contributed by atoms with Crippen LogP contribution < -0.4 is 0 Å². The lowest BCUT2D eigenvalue weighted by Gasteiger charge is -2.22. The minimum Gasteiger partial charge on any atom is -0.506 e. The molecule has 0 saturated carbocycles. The van der Waals surface area contributed by atoms with E-state index in [9.17, 15) is 31.0 Å². The number of phenols is 1. The molecule has 0 aliphatic heterocycles. The maximum absolute atomic E-state index is 12.2. The molecular weight excluding hydrogens is 416 g/mol. The Morgan fingerprint density at radius 2 is 1.24 bits per heavy atom. The molecule has 0 atom stereocenters. The highest BCUT2D eigenvalue weighted by atomic mass is 32.2. The first-order chi connectivity index (χ1) is 13.5. The molecule has 0 heterocycles. The summed E-state index contributed by atoms with van der Waals surface area (Å²) >= 11 is 0. The molecule has 0 aliphatic carbocycles. The van der Waals surface area contributed by atoms with Crippen LogP contribution in [0.1, 0.15) is 50.7 Å². The summed E-state index contributed by atoms with van der Waals surface area (Å²) in [7, 11) is -10.2. The first kappa shape index (κ1) is 23.3. The van der Waals surface area contributed by atoms with Crippen LogP contribution in [-0.4, -0.2) is 31.0 Å². The number of aromatic hydroxyl groups is 1. The van der Waals surface area contributed by atoms with E-state index in [1.807, 2.05) is 13.8 Å². The van der Waals surface area contributed by atoms with Crippen LogP contribution in [0.4, 0.5) is 0 Å². The number of hydrogen-bond donors (Lipinski definition) is 3. The van der Waals surface area contributed by atoms with E-state index in [4.69, 9.17) is 0 Å². The highest BCUT2D eigenvalue weighted by molar-refractivity contribution is 7.89. The fourth-order valence-electron chi connectivity index (χ4n) is 3.46. The molecule has 2 rings (SSSR count). The molecule has 0 aromatic heterocycles. The van der Waals surface area contributed by atoms with E-state index < -0.39 is 35.8 Å². The van der Waals surface area contributed by atoms with Crippen LogP contribution in [0.2, 0.25) is 0 Å². The summed E-state index contributed by atoms with van der Waals surface area (Å²) in [6, 6.07) is 8.48. The molecular formula is C20H26O7S2. The standard InChI is InChI=1S/C20H26O7S2/c1-3-5-12-15-16(13-6-4-2)19(28(22,23)24)20(29(25,26)27)18(21)17(15)14-10-8-7-9-11-14/h7-11,21H,3-6,12-13H2,1-2H3,(H,22,23,24)(H,25,26,27). The van der Waals surface area contributed by atoms with Crippen LogP contribution >= 0.6 is 0 Å². The molecule has 0 fully saturated rings. The fraction of sp³-hybridized carbons (Fsp3) is 0.400. The molecule has 0 amide bonds. The van der Waals surface area contributed by atoms with Gasteiger partial charge in [-0.25, -0.2) is 0 Å². The van der Waals surface area contributed by atoms with Crippen molar-refractivity contribution in [3.05, 3.63) is 41.5 Å². The highest BCUT2D eigenvalue weighted by Gasteiger charge is 2.35. The van der Waals surface area contributed by atoms with Gasteiger partial charge < -0.3 is 5.11 Å². The zero-order chi connectivity index (χ0) is 21.8. The first-order valence-electron chi connectivity index (χ1n) is 9.45. The van der Waals surface area contributed by atoms with Crippen LogP contribution in [-0.2, 0) is 33.1 Å². The average Bonchev–Trinajstić information content (AvgIpc) is 2.63. The van der Waals surface area contributed by atoms with Crippen LogP contribution in [0.15, 0.2) is 40.1 Å². The summed E-state index contributed by atoms with van der Waals surface area (Å²) in [6.45, 7) is 3.84. The van der Waals surface area contributed by atoms with Crippen molar-refractivity contribution in [2.24, 2.45) is 0 Å². The normalized spacial score (nSPS) is 12.3. The van der Waals surface area contributed by atoms with E-state index in [0.717, 1.165) is 6.42 Å². The van der Waals surface area contributed by atoms with Crippen molar-refractivity contribution in [2.75, 3.05) is 0 Å². The largest absolute Gasteiger partial charge is 0.506 e. The molecule has 0 aliphatic rings. The monoisotopic (exact) mass is 442 g/mol. The number of hydrogen-bond acceptors (Lipinski definition) is 5. The van der Waals surface area contributed by atoms with E-state index in [0.29, 0.717) is 36.8 Å². The molecule has 2 aromatic rings. The Balaban J connectivity index is 3.12. The third kappa shape index (κ3) is 5.16. The zero-order valence-corrected chi connectivity index (χ0v) is 18.1. The third-order valence-corrected chi connectivity index (χ3v) is 6.75. The maximum Gasteiger partial charge on any atom is 0.299 e. The summed E-state index contributed by atoms with van der Waals surface area (Å²) in [5.41, 5.74) is 1.22. The zero-order valence-electron chi connectivity index (χ0n) is 16.4. The van der Waals surface area contributed by atoms with Crippen molar-refractivity contribution in [3.63, 3.8) is 0 Å². The molecule has 29 heavy (non-hydrogen) atoms. The topological polar surface area (TPSA) is 129 Å². The van der Waals surface area contributed by atoms with Gasteiger partial charge in [-0.05, 0) is 42.4 Å². The van der Waals surface area contributed by atoms with Gasteiger partial charge in [-0.3, -0.25) is 9.11 Å². The van der Waals surface area contributed by atoms with Crippen LogP contribution in [0.5, 0.6) is 5.75 Å². The molecule has 3 N–H and O–H groups in total. The van der Waals surface area contributed by atoms with Gasteiger partial charge in [-0.2, -0.15) is 16.8 Å². The van der Waals surface area contributed by atoms with Gasteiger partial charge in [0, 0.05) is 5.56 Å². The van der Waals surface area contributed by atoms with Gasteiger partial charge in [0.25, 0.3) is 20.2 Å². The summed E-state index contributed by atoms with van der Waals surface area (Å²) < 4.78 is 68.1. The first-order valence-corrected chi connectivity index (χ1v) is 12.3. The Morgan fingerprint density at radius 1 is 0.759 bits per heavy atom. The molecule has 9 heteroatoms. The summed E-state index contributed by atoms with van der Waals surface area (Å²) in [5, 5.41) is 10.8. The maximum atomic E-state index is 12.2. The third-order valence-electron chi connectivity index (χ3n) is 4.74. The number of phenolic OH excluding ortho intramolecular Hbond substituents is 1. The number of rotatable bonds is 9. The van der Waals surface area contributed by atoms with Gasteiger partial charge in [-0.1, -0.05) is 57.0 Å². The summed E-state index contributed by atoms with van der Waals surface area (Å²) in [4.78, 5) is -2.11. The van der Waals surface area contributed by atoms with E-state index in [2.05, 4.69) is 0 Å². The predicted molar refractivity (Wildman–Crippen MR) is 110 cm³/mol. The number of unbranched alkanes of at least 4 members (excludes halogenated alkanes) is 2. The lowest BCUT2D eigenvalue weighted by atomic mass is 9.89. The van der Waals surface area contributed by atoms with E-state index >= 15 is 0 Å². The van der Waals surface area contributed by atoms with Crippen molar-refractivity contribution < 1.29 is 31.0 Å². The molecule has 2 aromatic carbocycles. The van der Waals surface area contributed by atoms with Gasteiger partial charge in [0.15, 0.2) is 4.90 Å². The Kier molecular flexibility index (Phi) is 7.45. The Morgan fingerprint density at radius 3 is 1.69 bits per heavy atom. The minimum absolute atomic E-state index is 0.118.